The minimum Gasteiger partial charge on any atom is -0.398 e. The fraction of sp³-hybridized carbons (Fsp3) is 0.571. The molecule has 1 aromatic rings. The van der Waals surface area contributed by atoms with Crippen molar-refractivity contribution in [1.82, 2.24) is 0 Å². The fourth-order valence-electron chi connectivity index (χ4n) is 2.46. The summed E-state index contributed by atoms with van der Waals surface area (Å²) in [7, 11) is 0. The van der Waals surface area contributed by atoms with E-state index in [0.717, 1.165) is 27.1 Å². The van der Waals surface area contributed by atoms with Crippen LogP contribution in [0.5, 0.6) is 0 Å². The number of benzene rings is 1. The Bertz CT molecular complexity index is 360. The third kappa shape index (κ3) is 3.65. The highest BCUT2D eigenvalue weighted by Gasteiger charge is 2.19. The van der Waals surface area contributed by atoms with E-state index in [4.69, 9.17) is 5.73 Å². The van der Waals surface area contributed by atoms with E-state index in [2.05, 4.69) is 40.7 Å². The molecule has 94 valence electrons. The standard InChI is InChI=1S/C14H20BrNS/c1-10-4-2-5-11(8-10)17-9-12-13(15)6-3-7-14(12)16/h3,6-7,10-11H,2,4-5,8-9,16H2,1H3. The van der Waals surface area contributed by atoms with Gasteiger partial charge in [0, 0.05) is 21.2 Å². The van der Waals surface area contributed by atoms with Gasteiger partial charge in [0.2, 0.25) is 0 Å². The van der Waals surface area contributed by atoms with Crippen LogP contribution in [0.1, 0.15) is 38.2 Å². The summed E-state index contributed by atoms with van der Waals surface area (Å²) < 4.78 is 1.15. The van der Waals surface area contributed by atoms with E-state index in [1.54, 1.807) is 0 Å². The third-order valence-corrected chi connectivity index (χ3v) is 5.60. The molecule has 0 spiro atoms. The van der Waals surface area contributed by atoms with Gasteiger partial charge in [0.25, 0.3) is 0 Å². The second-order valence-corrected chi connectivity index (χ2v) is 7.16. The molecule has 0 amide bonds. The van der Waals surface area contributed by atoms with Gasteiger partial charge in [0.1, 0.15) is 0 Å². The van der Waals surface area contributed by atoms with Crippen LogP contribution in [0.15, 0.2) is 22.7 Å². The third-order valence-electron chi connectivity index (χ3n) is 3.51. The first-order chi connectivity index (χ1) is 8.16. The van der Waals surface area contributed by atoms with E-state index < -0.39 is 0 Å². The van der Waals surface area contributed by atoms with Crippen molar-refractivity contribution < 1.29 is 0 Å². The number of hydrogen-bond acceptors (Lipinski definition) is 2. The van der Waals surface area contributed by atoms with Gasteiger partial charge in [0.05, 0.1) is 0 Å². The predicted octanol–water partition coefficient (Wildman–Crippen LogP) is 4.84. The van der Waals surface area contributed by atoms with Crippen molar-refractivity contribution in [2.24, 2.45) is 5.92 Å². The van der Waals surface area contributed by atoms with E-state index in [-0.39, 0.29) is 0 Å². The summed E-state index contributed by atoms with van der Waals surface area (Å²) in [6.45, 7) is 2.37. The number of rotatable bonds is 3. The second-order valence-electron chi connectivity index (χ2n) is 5.01. The molecular weight excluding hydrogens is 294 g/mol. The van der Waals surface area contributed by atoms with E-state index in [1.807, 2.05) is 12.1 Å². The molecule has 0 aromatic heterocycles. The Morgan fingerprint density at radius 1 is 1.41 bits per heavy atom. The Balaban J connectivity index is 1.93. The Morgan fingerprint density at radius 3 is 2.94 bits per heavy atom. The van der Waals surface area contributed by atoms with Crippen LogP contribution in [0.25, 0.3) is 0 Å². The van der Waals surface area contributed by atoms with Crippen LogP contribution < -0.4 is 5.73 Å². The van der Waals surface area contributed by atoms with Crippen molar-refractivity contribution in [1.29, 1.82) is 0 Å². The number of nitrogens with two attached hydrogens (primary N) is 1. The van der Waals surface area contributed by atoms with Gasteiger partial charge < -0.3 is 5.73 Å². The largest absolute Gasteiger partial charge is 0.398 e. The average Bonchev–Trinajstić information content (AvgIpc) is 2.28. The average molecular weight is 314 g/mol. The maximum atomic E-state index is 6.02. The summed E-state index contributed by atoms with van der Waals surface area (Å²) >= 11 is 5.66. The molecule has 3 heteroatoms. The SMILES string of the molecule is CC1CCCC(SCc2c(N)cccc2Br)C1. The summed E-state index contributed by atoms with van der Waals surface area (Å²) in [4.78, 5) is 0. The molecule has 0 aliphatic heterocycles. The Hall–Kier alpha value is -0.150. The number of anilines is 1. The monoisotopic (exact) mass is 313 g/mol. The highest BCUT2D eigenvalue weighted by Crippen LogP contribution is 2.35. The normalized spacial score (nSPS) is 24.8. The zero-order valence-electron chi connectivity index (χ0n) is 10.3. The van der Waals surface area contributed by atoms with E-state index in [1.165, 1.54) is 31.2 Å². The van der Waals surface area contributed by atoms with Crippen molar-refractivity contribution in [3.63, 3.8) is 0 Å². The molecule has 1 aliphatic rings. The van der Waals surface area contributed by atoms with Gasteiger partial charge >= 0.3 is 0 Å². The number of hydrogen-bond donors (Lipinski definition) is 1. The molecule has 0 heterocycles. The number of halogens is 1. The lowest BCUT2D eigenvalue weighted by molar-refractivity contribution is 0.394. The van der Waals surface area contributed by atoms with Crippen LogP contribution in [0.2, 0.25) is 0 Å². The van der Waals surface area contributed by atoms with Gasteiger partial charge in [-0.05, 0) is 36.5 Å². The van der Waals surface area contributed by atoms with Crippen LogP contribution in [0.4, 0.5) is 5.69 Å². The molecule has 1 nitrogen and oxygen atoms in total. The maximum absolute atomic E-state index is 6.02. The first-order valence-electron chi connectivity index (χ1n) is 6.31. The van der Waals surface area contributed by atoms with Crippen molar-refractivity contribution in [2.45, 2.75) is 43.6 Å². The zero-order valence-corrected chi connectivity index (χ0v) is 12.7. The summed E-state index contributed by atoms with van der Waals surface area (Å²) in [6, 6.07) is 6.07. The molecule has 2 N–H and O–H groups in total. The lowest BCUT2D eigenvalue weighted by Gasteiger charge is -2.26. The molecule has 17 heavy (non-hydrogen) atoms. The first kappa shape index (κ1) is 13.3. The highest BCUT2D eigenvalue weighted by atomic mass is 79.9. The van der Waals surface area contributed by atoms with Crippen molar-refractivity contribution in [3.8, 4) is 0 Å². The van der Waals surface area contributed by atoms with E-state index in [0.29, 0.717) is 0 Å². The molecule has 1 aliphatic carbocycles. The molecule has 1 saturated carbocycles. The van der Waals surface area contributed by atoms with Crippen molar-refractivity contribution >= 4 is 33.4 Å². The smallest absolute Gasteiger partial charge is 0.0366 e. The molecule has 2 unspecified atom stereocenters. The first-order valence-corrected chi connectivity index (χ1v) is 8.15. The van der Waals surface area contributed by atoms with Gasteiger partial charge in [-0.25, -0.2) is 0 Å². The van der Waals surface area contributed by atoms with Crippen LogP contribution in [0, 0.1) is 5.92 Å². The lowest BCUT2D eigenvalue weighted by atomic mass is 9.91. The van der Waals surface area contributed by atoms with Gasteiger partial charge in [0.15, 0.2) is 0 Å². The molecule has 2 atom stereocenters. The number of thioether (sulfide) groups is 1. The van der Waals surface area contributed by atoms with E-state index >= 15 is 0 Å². The van der Waals surface area contributed by atoms with Crippen molar-refractivity contribution in [2.75, 3.05) is 5.73 Å². The van der Waals surface area contributed by atoms with Gasteiger partial charge in [-0.2, -0.15) is 11.8 Å². The Morgan fingerprint density at radius 2 is 2.24 bits per heavy atom. The minimum absolute atomic E-state index is 0.824. The zero-order chi connectivity index (χ0) is 12.3. The molecule has 1 fully saturated rings. The highest BCUT2D eigenvalue weighted by molar-refractivity contribution is 9.10. The number of nitrogen functional groups attached to an aromatic ring is 1. The maximum Gasteiger partial charge on any atom is 0.0366 e. The van der Waals surface area contributed by atoms with Gasteiger partial charge in [-0.1, -0.05) is 41.8 Å². The molecule has 0 bridgehead atoms. The van der Waals surface area contributed by atoms with Gasteiger partial charge in [-0.15, -0.1) is 0 Å². The summed E-state index contributed by atoms with van der Waals surface area (Å²) in [5, 5.41) is 0.824. The van der Waals surface area contributed by atoms with Crippen LogP contribution in [-0.2, 0) is 5.75 Å². The van der Waals surface area contributed by atoms with Crippen LogP contribution in [0.3, 0.4) is 0 Å². The summed E-state index contributed by atoms with van der Waals surface area (Å²) in [5.41, 5.74) is 8.19. The molecule has 0 radical (unpaired) electrons. The van der Waals surface area contributed by atoms with Gasteiger partial charge in [-0.3, -0.25) is 0 Å². The van der Waals surface area contributed by atoms with Crippen molar-refractivity contribution in [3.05, 3.63) is 28.2 Å². The van der Waals surface area contributed by atoms with Crippen LogP contribution >= 0.6 is 27.7 Å². The summed E-state index contributed by atoms with van der Waals surface area (Å²) in [5.74, 6) is 1.93. The fourth-order valence-corrected chi connectivity index (χ4v) is 4.69. The Kier molecular flexibility index (Phi) is 4.80. The minimum atomic E-state index is 0.824. The predicted molar refractivity (Wildman–Crippen MR) is 81.3 cm³/mol. The second kappa shape index (κ2) is 6.14. The molecule has 2 rings (SSSR count). The molecular formula is C14H20BrNS. The molecule has 1 aromatic carbocycles. The summed E-state index contributed by atoms with van der Waals surface area (Å²) in [6.07, 6.45) is 5.55. The topological polar surface area (TPSA) is 26.0 Å². The molecule has 0 saturated heterocycles. The van der Waals surface area contributed by atoms with Crippen LogP contribution in [-0.4, -0.2) is 5.25 Å². The lowest BCUT2D eigenvalue weighted by Crippen LogP contribution is -2.15. The van der Waals surface area contributed by atoms with E-state index in [9.17, 15) is 0 Å². The Labute approximate surface area is 117 Å². The quantitative estimate of drug-likeness (QED) is 0.808.